The molecule has 1 aromatic carbocycles. The van der Waals surface area contributed by atoms with Gasteiger partial charge < -0.3 is 9.88 Å². The molecule has 0 unspecified atom stereocenters. The average Bonchev–Trinajstić information content (AvgIpc) is 3.35. The number of nitrogens with zero attached hydrogens (tertiary/aromatic N) is 4. The highest BCUT2D eigenvalue weighted by atomic mass is 32.1. The van der Waals surface area contributed by atoms with E-state index in [1.54, 1.807) is 12.5 Å². The maximum atomic E-state index is 12.7. The minimum absolute atomic E-state index is 0.0830. The molecule has 1 N–H and O–H groups in total. The van der Waals surface area contributed by atoms with Crippen molar-refractivity contribution in [3.63, 3.8) is 0 Å². The summed E-state index contributed by atoms with van der Waals surface area (Å²) >= 11 is 1.52. The SMILES string of the molecule is Cc1sc2ncn(CCC(=O)NCc3ccccc3Cn3ccnc3)c(=O)c2c1C. The first-order chi connectivity index (χ1) is 14.5. The lowest BCUT2D eigenvalue weighted by atomic mass is 10.1. The number of carbonyl (C=O) groups excluding carboxylic acids is 1. The van der Waals surface area contributed by atoms with Crippen molar-refractivity contribution in [2.75, 3.05) is 0 Å². The van der Waals surface area contributed by atoms with E-state index >= 15 is 0 Å². The Bertz CT molecular complexity index is 1240. The molecule has 0 atom stereocenters. The maximum absolute atomic E-state index is 12.7. The lowest BCUT2D eigenvalue weighted by Crippen LogP contribution is -2.27. The summed E-state index contributed by atoms with van der Waals surface area (Å²) in [5, 5.41) is 3.62. The van der Waals surface area contributed by atoms with E-state index in [9.17, 15) is 9.59 Å². The molecule has 154 valence electrons. The van der Waals surface area contributed by atoms with Crippen LogP contribution in [0.5, 0.6) is 0 Å². The number of rotatable bonds is 7. The van der Waals surface area contributed by atoms with Gasteiger partial charge in [-0.3, -0.25) is 14.2 Å². The van der Waals surface area contributed by atoms with Crippen LogP contribution in [0.25, 0.3) is 10.2 Å². The Kier molecular flexibility index (Phi) is 5.76. The van der Waals surface area contributed by atoms with E-state index in [0.29, 0.717) is 25.0 Å². The largest absolute Gasteiger partial charge is 0.352 e. The summed E-state index contributed by atoms with van der Waals surface area (Å²) < 4.78 is 3.51. The summed E-state index contributed by atoms with van der Waals surface area (Å²) in [6, 6.07) is 8.01. The zero-order valence-electron chi connectivity index (χ0n) is 17.0. The number of thiophene rings is 1. The summed E-state index contributed by atoms with van der Waals surface area (Å²) in [6.07, 6.45) is 7.19. The van der Waals surface area contributed by atoms with Gasteiger partial charge in [-0.05, 0) is 30.5 Å². The molecule has 0 saturated carbocycles. The second kappa shape index (κ2) is 8.62. The molecule has 0 aliphatic heterocycles. The van der Waals surface area contributed by atoms with Gasteiger partial charge in [0.2, 0.25) is 5.91 Å². The van der Waals surface area contributed by atoms with Crippen molar-refractivity contribution in [1.29, 1.82) is 0 Å². The Balaban J connectivity index is 1.38. The molecule has 4 rings (SSSR count). The number of imidazole rings is 1. The number of aryl methyl sites for hydroxylation is 3. The molecule has 3 heterocycles. The first-order valence-electron chi connectivity index (χ1n) is 9.77. The highest BCUT2D eigenvalue weighted by molar-refractivity contribution is 7.18. The van der Waals surface area contributed by atoms with Crippen LogP contribution in [0.15, 0.2) is 54.1 Å². The van der Waals surface area contributed by atoms with Crippen LogP contribution in [-0.4, -0.2) is 25.0 Å². The topological polar surface area (TPSA) is 81.8 Å². The van der Waals surface area contributed by atoms with Crippen LogP contribution >= 0.6 is 11.3 Å². The Hall–Kier alpha value is -3.26. The van der Waals surface area contributed by atoms with E-state index in [1.165, 1.54) is 22.2 Å². The molecule has 0 spiro atoms. The molecule has 0 saturated heterocycles. The smallest absolute Gasteiger partial charge is 0.262 e. The lowest BCUT2D eigenvalue weighted by molar-refractivity contribution is -0.121. The van der Waals surface area contributed by atoms with Gasteiger partial charge in [0.25, 0.3) is 5.56 Å². The fourth-order valence-corrected chi connectivity index (χ4v) is 4.38. The van der Waals surface area contributed by atoms with Crippen molar-refractivity contribution < 1.29 is 4.79 Å². The highest BCUT2D eigenvalue weighted by Crippen LogP contribution is 2.25. The molecule has 3 aromatic heterocycles. The van der Waals surface area contributed by atoms with Gasteiger partial charge in [0.05, 0.1) is 18.0 Å². The maximum Gasteiger partial charge on any atom is 0.262 e. The summed E-state index contributed by atoms with van der Waals surface area (Å²) in [5.74, 6) is -0.0994. The van der Waals surface area contributed by atoms with Gasteiger partial charge in [0.1, 0.15) is 4.83 Å². The van der Waals surface area contributed by atoms with Crippen LogP contribution in [0.4, 0.5) is 0 Å². The Morgan fingerprint density at radius 2 is 1.97 bits per heavy atom. The summed E-state index contributed by atoms with van der Waals surface area (Å²) in [5.41, 5.74) is 3.08. The zero-order chi connectivity index (χ0) is 21.1. The molecule has 0 radical (unpaired) electrons. The van der Waals surface area contributed by atoms with Gasteiger partial charge in [-0.2, -0.15) is 0 Å². The number of fused-ring (bicyclic) bond motifs is 1. The van der Waals surface area contributed by atoms with Crippen LogP contribution in [0.2, 0.25) is 0 Å². The number of benzene rings is 1. The third kappa shape index (κ3) is 4.18. The third-order valence-electron chi connectivity index (χ3n) is 5.24. The van der Waals surface area contributed by atoms with Gasteiger partial charge in [-0.1, -0.05) is 24.3 Å². The van der Waals surface area contributed by atoms with Gasteiger partial charge >= 0.3 is 0 Å². The average molecular weight is 422 g/mol. The number of amides is 1. The van der Waals surface area contributed by atoms with E-state index < -0.39 is 0 Å². The summed E-state index contributed by atoms with van der Waals surface area (Å²) in [7, 11) is 0. The fraction of sp³-hybridized carbons (Fsp3) is 0.273. The predicted molar refractivity (Wildman–Crippen MR) is 118 cm³/mol. The minimum Gasteiger partial charge on any atom is -0.352 e. The number of nitrogens with one attached hydrogen (secondary N) is 1. The lowest BCUT2D eigenvalue weighted by Gasteiger charge is -2.12. The molecule has 0 aliphatic rings. The second-order valence-electron chi connectivity index (χ2n) is 7.24. The van der Waals surface area contributed by atoms with Crippen LogP contribution < -0.4 is 10.9 Å². The molecular formula is C22H23N5O2S. The van der Waals surface area contributed by atoms with Gasteiger partial charge in [-0.15, -0.1) is 11.3 Å². The van der Waals surface area contributed by atoms with E-state index in [0.717, 1.165) is 26.4 Å². The summed E-state index contributed by atoms with van der Waals surface area (Å²) in [4.78, 5) is 35.4. The molecule has 0 aliphatic carbocycles. The molecule has 7 nitrogen and oxygen atoms in total. The van der Waals surface area contributed by atoms with Crippen LogP contribution in [0.1, 0.15) is 28.0 Å². The molecule has 30 heavy (non-hydrogen) atoms. The Morgan fingerprint density at radius 3 is 2.73 bits per heavy atom. The van der Waals surface area contributed by atoms with Gasteiger partial charge in [0.15, 0.2) is 0 Å². The second-order valence-corrected chi connectivity index (χ2v) is 8.44. The molecule has 0 bridgehead atoms. The quantitative estimate of drug-likeness (QED) is 0.497. The molecule has 1 amide bonds. The molecular weight excluding hydrogens is 398 g/mol. The first kappa shape index (κ1) is 20.0. The number of carbonyl (C=O) groups is 1. The zero-order valence-corrected chi connectivity index (χ0v) is 17.8. The van der Waals surface area contributed by atoms with Crippen molar-refractivity contribution in [1.82, 2.24) is 24.4 Å². The van der Waals surface area contributed by atoms with Crippen molar-refractivity contribution in [2.45, 2.75) is 39.9 Å². The van der Waals surface area contributed by atoms with Crippen LogP contribution in [0, 0.1) is 13.8 Å². The van der Waals surface area contributed by atoms with E-state index in [1.807, 2.05) is 48.9 Å². The third-order valence-corrected chi connectivity index (χ3v) is 6.36. The molecule has 4 aromatic rings. The molecule has 0 fully saturated rings. The van der Waals surface area contributed by atoms with Crippen molar-refractivity contribution in [3.8, 4) is 0 Å². The van der Waals surface area contributed by atoms with Crippen LogP contribution in [0.3, 0.4) is 0 Å². The fourth-order valence-electron chi connectivity index (χ4n) is 3.39. The van der Waals surface area contributed by atoms with E-state index in [2.05, 4.69) is 15.3 Å². The predicted octanol–water partition coefficient (Wildman–Crippen LogP) is 3.03. The van der Waals surface area contributed by atoms with Crippen molar-refractivity contribution >= 4 is 27.5 Å². The monoisotopic (exact) mass is 421 g/mol. The minimum atomic E-state index is -0.0994. The van der Waals surface area contributed by atoms with Crippen molar-refractivity contribution in [2.24, 2.45) is 0 Å². The van der Waals surface area contributed by atoms with Crippen LogP contribution in [-0.2, 0) is 24.4 Å². The van der Waals surface area contributed by atoms with Crippen molar-refractivity contribution in [3.05, 3.63) is 81.2 Å². The highest BCUT2D eigenvalue weighted by Gasteiger charge is 2.13. The number of hydrogen-bond donors (Lipinski definition) is 1. The van der Waals surface area contributed by atoms with E-state index in [4.69, 9.17) is 0 Å². The normalized spacial score (nSPS) is 11.1. The molecule has 8 heteroatoms. The van der Waals surface area contributed by atoms with Gasteiger partial charge in [0, 0.05) is 43.3 Å². The first-order valence-corrected chi connectivity index (χ1v) is 10.6. The Morgan fingerprint density at radius 1 is 1.17 bits per heavy atom. The summed E-state index contributed by atoms with van der Waals surface area (Å²) in [6.45, 7) is 5.38. The van der Waals surface area contributed by atoms with E-state index in [-0.39, 0.29) is 17.9 Å². The van der Waals surface area contributed by atoms with Gasteiger partial charge in [-0.25, -0.2) is 9.97 Å². The number of aromatic nitrogens is 4. The standard InChI is InChI=1S/C22H23N5O2S/c1-15-16(2)30-21-20(15)22(29)27(14-25-21)9-7-19(28)24-11-17-5-3-4-6-18(17)12-26-10-8-23-13-26/h3-6,8,10,13-14H,7,9,11-12H2,1-2H3,(H,24,28). The number of hydrogen-bond acceptors (Lipinski definition) is 5. The Labute approximate surface area is 178 Å².